The molecule has 0 aliphatic carbocycles. The summed E-state index contributed by atoms with van der Waals surface area (Å²) in [5.41, 5.74) is 0.809. The third-order valence-electron chi connectivity index (χ3n) is 2.32. The quantitative estimate of drug-likeness (QED) is 0.867. The minimum atomic E-state index is 0.537. The van der Waals surface area contributed by atoms with E-state index < -0.39 is 0 Å². The number of halogens is 1. The van der Waals surface area contributed by atoms with Crippen molar-refractivity contribution >= 4 is 27.3 Å². The first-order valence-corrected chi connectivity index (χ1v) is 6.59. The number of methoxy groups -OCH3 is 2. The molecule has 0 N–H and O–H groups in total. The molecule has 92 valence electrons. The summed E-state index contributed by atoms with van der Waals surface area (Å²) in [6.07, 6.45) is 0. The van der Waals surface area contributed by atoms with Crippen molar-refractivity contribution in [2.45, 2.75) is 0 Å². The van der Waals surface area contributed by atoms with Crippen LogP contribution in [0.15, 0.2) is 22.8 Å². The topological polar surface area (TPSA) is 55.1 Å². The summed E-state index contributed by atoms with van der Waals surface area (Å²) in [5, 5.41) is 9.66. The highest BCUT2D eigenvalue weighted by atomic mass is 79.9. The first-order chi connectivity index (χ1) is 8.69. The molecule has 0 aliphatic rings. The van der Waals surface area contributed by atoms with Gasteiger partial charge in [-0.15, -0.1) is 11.3 Å². The first-order valence-electron chi connectivity index (χ1n) is 4.98. The van der Waals surface area contributed by atoms with Crippen LogP contribution in [0.5, 0.6) is 11.5 Å². The first kappa shape index (κ1) is 12.9. The Kier molecular flexibility index (Phi) is 3.84. The van der Waals surface area contributed by atoms with E-state index >= 15 is 0 Å². The van der Waals surface area contributed by atoms with Crippen LogP contribution in [0.4, 0.5) is 0 Å². The molecular weight excluding hydrogens is 316 g/mol. The van der Waals surface area contributed by atoms with Gasteiger partial charge in [0.2, 0.25) is 0 Å². The van der Waals surface area contributed by atoms with E-state index in [2.05, 4.69) is 27.0 Å². The molecule has 1 aromatic heterocycles. The molecule has 0 spiro atoms. The van der Waals surface area contributed by atoms with Gasteiger partial charge in [-0.3, -0.25) is 0 Å². The van der Waals surface area contributed by atoms with Crippen LogP contribution in [0.2, 0.25) is 0 Å². The van der Waals surface area contributed by atoms with Crippen molar-refractivity contribution in [2.75, 3.05) is 14.2 Å². The van der Waals surface area contributed by atoms with Crippen LogP contribution in [0.1, 0.15) is 4.88 Å². The van der Waals surface area contributed by atoms with Crippen LogP contribution in [0, 0.1) is 11.3 Å². The van der Waals surface area contributed by atoms with Gasteiger partial charge < -0.3 is 9.47 Å². The summed E-state index contributed by atoms with van der Waals surface area (Å²) in [7, 11) is 3.20. The fourth-order valence-corrected chi connectivity index (χ4v) is 2.87. The molecule has 2 aromatic rings. The summed E-state index contributed by atoms with van der Waals surface area (Å²) in [5.74, 6) is 1.41. The smallest absolute Gasteiger partial charge is 0.139 e. The Morgan fingerprint density at radius 3 is 2.67 bits per heavy atom. The summed E-state index contributed by atoms with van der Waals surface area (Å²) < 4.78 is 11.0. The van der Waals surface area contributed by atoms with E-state index in [4.69, 9.17) is 14.7 Å². The highest BCUT2D eigenvalue weighted by molar-refractivity contribution is 9.10. The van der Waals surface area contributed by atoms with E-state index in [1.807, 2.05) is 18.2 Å². The summed E-state index contributed by atoms with van der Waals surface area (Å²) in [4.78, 5) is 4.85. The van der Waals surface area contributed by atoms with E-state index in [0.29, 0.717) is 20.2 Å². The van der Waals surface area contributed by atoms with Gasteiger partial charge >= 0.3 is 0 Å². The van der Waals surface area contributed by atoms with Crippen molar-refractivity contribution in [2.24, 2.45) is 0 Å². The predicted molar refractivity (Wildman–Crippen MR) is 73.1 cm³/mol. The molecule has 0 saturated carbocycles. The molecule has 18 heavy (non-hydrogen) atoms. The maximum Gasteiger partial charge on any atom is 0.139 e. The van der Waals surface area contributed by atoms with E-state index in [-0.39, 0.29) is 0 Å². The fraction of sp³-hybridized carbons (Fsp3) is 0.167. The molecule has 0 fully saturated rings. The lowest BCUT2D eigenvalue weighted by molar-refractivity contribution is 0.404. The average Bonchev–Trinajstić information content (AvgIpc) is 2.79. The number of ether oxygens (including phenoxy) is 2. The van der Waals surface area contributed by atoms with E-state index in [1.54, 1.807) is 14.2 Å². The largest absolute Gasteiger partial charge is 0.497 e. The molecule has 0 unspecified atom stereocenters. The fourth-order valence-electron chi connectivity index (χ4n) is 1.47. The van der Waals surface area contributed by atoms with Crippen molar-refractivity contribution in [3.8, 4) is 28.1 Å². The molecule has 0 bridgehead atoms. The number of aromatic nitrogens is 1. The van der Waals surface area contributed by atoms with Crippen molar-refractivity contribution in [3.05, 3.63) is 27.7 Å². The second kappa shape index (κ2) is 5.38. The Morgan fingerprint density at radius 1 is 1.33 bits per heavy atom. The lowest BCUT2D eigenvalue weighted by Crippen LogP contribution is -1.89. The second-order valence-corrected chi connectivity index (χ2v) is 5.07. The molecule has 0 radical (unpaired) electrons. The zero-order chi connectivity index (χ0) is 13.1. The van der Waals surface area contributed by atoms with Gasteiger partial charge in [-0.25, -0.2) is 4.98 Å². The summed E-state index contributed by atoms with van der Waals surface area (Å²) in [6, 6.07) is 7.56. The van der Waals surface area contributed by atoms with Gasteiger partial charge in [-0.2, -0.15) is 5.26 Å². The molecule has 4 nitrogen and oxygen atoms in total. The minimum absolute atomic E-state index is 0.537. The number of hydrogen-bond donors (Lipinski definition) is 0. The van der Waals surface area contributed by atoms with E-state index in [1.165, 1.54) is 11.3 Å². The zero-order valence-electron chi connectivity index (χ0n) is 9.73. The number of hydrogen-bond acceptors (Lipinski definition) is 5. The monoisotopic (exact) mass is 324 g/mol. The molecule has 0 atom stereocenters. The Bertz CT molecular complexity index is 619. The molecule has 0 amide bonds. The van der Waals surface area contributed by atoms with Gasteiger partial charge in [0.25, 0.3) is 0 Å². The van der Waals surface area contributed by atoms with Gasteiger partial charge in [-0.05, 0) is 34.1 Å². The number of nitriles is 1. The Hall–Kier alpha value is -1.58. The molecule has 0 aliphatic heterocycles. The average molecular weight is 325 g/mol. The summed E-state index contributed by atoms with van der Waals surface area (Å²) >= 11 is 4.57. The van der Waals surface area contributed by atoms with Gasteiger partial charge in [0.05, 0.1) is 19.8 Å². The number of benzene rings is 1. The summed E-state index contributed by atoms with van der Waals surface area (Å²) in [6.45, 7) is 0. The lowest BCUT2D eigenvalue weighted by Gasteiger charge is -2.07. The van der Waals surface area contributed by atoms with Gasteiger partial charge in [0, 0.05) is 0 Å². The molecule has 1 aromatic carbocycles. The predicted octanol–water partition coefficient (Wildman–Crippen LogP) is 3.46. The lowest BCUT2D eigenvalue weighted by atomic mass is 10.2. The molecular formula is C12H9BrN2O2S. The number of nitrogens with zero attached hydrogens (tertiary/aromatic N) is 2. The zero-order valence-corrected chi connectivity index (χ0v) is 12.1. The van der Waals surface area contributed by atoms with Gasteiger partial charge in [-0.1, -0.05) is 0 Å². The van der Waals surface area contributed by atoms with E-state index in [0.717, 1.165) is 11.3 Å². The maximum absolute atomic E-state index is 8.94. The van der Waals surface area contributed by atoms with Gasteiger partial charge in [0.1, 0.15) is 32.1 Å². The third-order valence-corrected chi connectivity index (χ3v) is 4.15. The SMILES string of the molecule is COc1ccc(OC)c(-c2nc(Br)c(C#N)s2)c1. The van der Waals surface area contributed by atoms with Crippen molar-refractivity contribution in [1.29, 1.82) is 5.26 Å². The van der Waals surface area contributed by atoms with Crippen LogP contribution < -0.4 is 9.47 Å². The van der Waals surface area contributed by atoms with Crippen molar-refractivity contribution < 1.29 is 9.47 Å². The van der Waals surface area contributed by atoms with Crippen LogP contribution >= 0.6 is 27.3 Å². The van der Waals surface area contributed by atoms with Crippen LogP contribution in [0.25, 0.3) is 10.6 Å². The maximum atomic E-state index is 8.94. The Balaban J connectivity index is 2.57. The van der Waals surface area contributed by atoms with Crippen molar-refractivity contribution in [3.63, 3.8) is 0 Å². The number of rotatable bonds is 3. The van der Waals surface area contributed by atoms with Crippen LogP contribution in [0.3, 0.4) is 0 Å². The molecule has 2 rings (SSSR count). The van der Waals surface area contributed by atoms with Crippen LogP contribution in [-0.4, -0.2) is 19.2 Å². The van der Waals surface area contributed by atoms with Crippen molar-refractivity contribution in [1.82, 2.24) is 4.98 Å². The molecule has 1 heterocycles. The van der Waals surface area contributed by atoms with Crippen LogP contribution in [-0.2, 0) is 0 Å². The normalized spacial score (nSPS) is 9.89. The standard InChI is InChI=1S/C12H9BrN2O2S/c1-16-7-3-4-9(17-2)8(5-7)12-15-11(13)10(6-14)18-12/h3-5H,1-2H3. The molecule has 0 saturated heterocycles. The highest BCUT2D eigenvalue weighted by Crippen LogP contribution is 2.37. The molecule has 6 heteroatoms. The Labute approximate surface area is 117 Å². The van der Waals surface area contributed by atoms with E-state index in [9.17, 15) is 0 Å². The Morgan fingerprint density at radius 2 is 2.11 bits per heavy atom. The number of thiazole rings is 1. The third kappa shape index (κ3) is 2.33. The second-order valence-electron chi connectivity index (χ2n) is 3.32. The highest BCUT2D eigenvalue weighted by Gasteiger charge is 2.14. The minimum Gasteiger partial charge on any atom is -0.497 e. The van der Waals surface area contributed by atoms with Gasteiger partial charge in [0.15, 0.2) is 0 Å².